The number of likely N-dealkylation sites (N-methyl/N-ethyl adjacent to an activating group) is 1. The lowest BCUT2D eigenvalue weighted by molar-refractivity contribution is -0.128. The highest BCUT2D eigenvalue weighted by Gasteiger charge is 2.28. The molecule has 1 fully saturated rings. The van der Waals surface area contributed by atoms with Gasteiger partial charge in [-0.15, -0.1) is 0 Å². The molecule has 5 heteroatoms. The number of carbonyl (C=O) groups excluding carboxylic acids is 1. The third-order valence-electron chi connectivity index (χ3n) is 2.98. The zero-order valence-corrected chi connectivity index (χ0v) is 9.54. The molecule has 0 bridgehead atoms. The van der Waals surface area contributed by atoms with Crippen molar-refractivity contribution in [3.63, 3.8) is 0 Å². The number of benzene rings is 1. The Balaban J connectivity index is 1.96. The molecule has 0 saturated carbocycles. The highest BCUT2D eigenvalue weighted by Crippen LogP contribution is 2.12. The van der Waals surface area contributed by atoms with Gasteiger partial charge in [-0.2, -0.15) is 0 Å². The third kappa shape index (κ3) is 2.61. The van der Waals surface area contributed by atoms with Crippen molar-refractivity contribution in [2.45, 2.75) is 19.0 Å². The Bertz CT molecular complexity index is 437. The van der Waals surface area contributed by atoms with Crippen LogP contribution in [0.15, 0.2) is 18.2 Å². The quantitative estimate of drug-likeness (QED) is 0.863. The second-order valence-electron chi connectivity index (χ2n) is 4.22. The minimum atomic E-state index is -0.595. The van der Waals surface area contributed by atoms with Gasteiger partial charge >= 0.3 is 0 Å². The van der Waals surface area contributed by atoms with E-state index in [2.05, 4.69) is 5.32 Å². The Morgan fingerprint density at radius 1 is 1.47 bits per heavy atom. The van der Waals surface area contributed by atoms with Crippen molar-refractivity contribution in [1.82, 2.24) is 10.2 Å². The molecule has 1 N–H and O–H groups in total. The summed E-state index contributed by atoms with van der Waals surface area (Å²) in [5.74, 6) is -1.16. The van der Waals surface area contributed by atoms with Gasteiger partial charge in [-0.05, 0) is 12.5 Å². The van der Waals surface area contributed by atoms with Gasteiger partial charge in [0.25, 0.3) is 0 Å². The molecule has 1 saturated heterocycles. The summed E-state index contributed by atoms with van der Waals surface area (Å²) in [4.78, 5) is 13.2. The standard InChI is InChI=1S/C12H14F2N2O/c1-16-5-4-11(12(16)17)15-7-8-2-3-9(13)6-10(8)14/h2-3,6,11,15H,4-5,7H2,1H3. The maximum atomic E-state index is 13.3. The van der Waals surface area contributed by atoms with E-state index in [-0.39, 0.29) is 18.5 Å². The molecule has 1 aliphatic heterocycles. The lowest BCUT2D eigenvalue weighted by Gasteiger charge is -2.12. The molecule has 1 atom stereocenters. The lowest BCUT2D eigenvalue weighted by atomic mass is 10.2. The molecular weight excluding hydrogens is 226 g/mol. The average Bonchev–Trinajstić information content (AvgIpc) is 2.59. The van der Waals surface area contributed by atoms with E-state index in [0.29, 0.717) is 12.1 Å². The van der Waals surface area contributed by atoms with Gasteiger partial charge in [0.05, 0.1) is 6.04 Å². The topological polar surface area (TPSA) is 32.3 Å². The van der Waals surface area contributed by atoms with Crippen molar-refractivity contribution >= 4 is 5.91 Å². The summed E-state index contributed by atoms with van der Waals surface area (Å²) in [6.45, 7) is 0.943. The van der Waals surface area contributed by atoms with Crippen LogP contribution in [0, 0.1) is 11.6 Å². The maximum absolute atomic E-state index is 13.3. The third-order valence-corrected chi connectivity index (χ3v) is 2.98. The number of carbonyl (C=O) groups is 1. The molecule has 92 valence electrons. The Hall–Kier alpha value is -1.49. The van der Waals surface area contributed by atoms with Crippen molar-refractivity contribution in [3.8, 4) is 0 Å². The first-order valence-electron chi connectivity index (χ1n) is 5.50. The molecule has 2 rings (SSSR count). The van der Waals surface area contributed by atoms with Gasteiger partial charge in [-0.1, -0.05) is 6.07 Å². The molecule has 3 nitrogen and oxygen atoms in total. The Kier molecular flexibility index (Phi) is 3.38. The monoisotopic (exact) mass is 240 g/mol. The Morgan fingerprint density at radius 2 is 2.24 bits per heavy atom. The number of hydrogen-bond acceptors (Lipinski definition) is 2. The molecular formula is C12H14F2N2O. The van der Waals surface area contributed by atoms with Crippen LogP contribution in [-0.4, -0.2) is 30.4 Å². The molecule has 1 heterocycles. The lowest BCUT2D eigenvalue weighted by Crippen LogP contribution is -2.36. The van der Waals surface area contributed by atoms with Crippen molar-refractivity contribution in [1.29, 1.82) is 0 Å². The van der Waals surface area contributed by atoms with Crippen LogP contribution in [0.2, 0.25) is 0 Å². The second kappa shape index (κ2) is 4.79. The van der Waals surface area contributed by atoms with Crippen LogP contribution in [0.4, 0.5) is 8.78 Å². The number of rotatable bonds is 3. The Morgan fingerprint density at radius 3 is 2.82 bits per heavy atom. The summed E-state index contributed by atoms with van der Waals surface area (Å²) in [6, 6.07) is 3.19. The van der Waals surface area contributed by atoms with Crippen molar-refractivity contribution in [3.05, 3.63) is 35.4 Å². The second-order valence-corrected chi connectivity index (χ2v) is 4.22. The van der Waals surface area contributed by atoms with Crippen LogP contribution in [-0.2, 0) is 11.3 Å². The predicted octanol–water partition coefficient (Wildman–Crippen LogP) is 1.29. The van der Waals surface area contributed by atoms with Crippen molar-refractivity contribution < 1.29 is 13.6 Å². The summed E-state index contributed by atoms with van der Waals surface area (Å²) in [6.07, 6.45) is 0.720. The van der Waals surface area contributed by atoms with E-state index in [1.54, 1.807) is 11.9 Å². The van der Waals surface area contributed by atoms with Crippen LogP contribution in [0.1, 0.15) is 12.0 Å². The van der Waals surface area contributed by atoms with E-state index in [1.165, 1.54) is 12.1 Å². The van der Waals surface area contributed by atoms with E-state index in [4.69, 9.17) is 0 Å². The summed E-state index contributed by atoms with van der Waals surface area (Å²) < 4.78 is 26.0. The SMILES string of the molecule is CN1CCC(NCc2ccc(F)cc2F)C1=O. The van der Waals surface area contributed by atoms with E-state index in [1.807, 2.05) is 0 Å². The minimum absolute atomic E-state index is 0.0209. The van der Waals surface area contributed by atoms with Gasteiger partial charge in [-0.25, -0.2) is 8.78 Å². The average molecular weight is 240 g/mol. The fourth-order valence-corrected chi connectivity index (χ4v) is 1.91. The highest BCUT2D eigenvalue weighted by atomic mass is 19.1. The first-order valence-corrected chi connectivity index (χ1v) is 5.50. The van der Waals surface area contributed by atoms with E-state index < -0.39 is 11.6 Å². The fraction of sp³-hybridized carbons (Fsp3) is 0.417. The molecule has 1 aromatic rings. The maximum Gasteiger partial charge on any atom is 0.239 e. The smallest absolute Gasteiger partial charge is 0.239 e. The van der Waals surface area contributed by atoms with Gasteiger partial charge < -0.3 is 10.2 Å². The highest BCUT2D eigenvalue weighted by molar-refractivity contribution is 5.83. The number of nitrogens with one attached hydrogen (secondary N) is 1. The molecule has 1 aliphatic rings. The normalized spacial score (nSPS) is 20.1. The first kappa shape index (κ1) is 12.0. The predicted molar refractivity (Wildman–Crippen MR) is 59.2 cm³/mol. The molecule has 1 aromatic carbocycles. The van der Waals surface area contributed by atoms with Crippen LogP contribution in [0.25, 0.3) is 0 Å². The van der Waals surface area contributed by atoms with Gasteiger partial charge in [0.15, 0.2) is 0 Å². The Labute approximate surface area is 98.4 Å². The zero-order chi connectivity index (χ0) is 12.4. The van der Waals surface area contributed by atoms with Crippen LogP contribution < -0.4 is 5.32 Å². The molecule has 0 spiro atoms. The van der Waals surface area contributed by atoms with Gasteiger partial charge in [0.2, 0.25) is 5.91 Å². The largest absolute Gasteiger partial charge is 0.344 e. The summed E-state index contributed by atoms with van der Waals surface area (Å²) in [7, 11) is 1.74. The van der Waals surface area contributed by atoms with Gasteiger partial charge in [0, 0.05) is 31.8 Å². The number of amides is 1. The number of halogens is 2. The molecule has 0 radical (unpaired) electrons. The molecule has 1 amide bonds. The summed E-state index contributed by atoms with van der Waals surface area (Å²) in [5, 5.41) is 2.98. The molecule has 17 heavy (non-hydrogen) atoms. The number of nitrogens with zero attached hydrogens (tertiary/aromatic N) is 1. The van der Waals surface area contributed by atoms with Gasteiger partial charge in [0.1, 0.15) is 11.6 Å². The fourth-order valence-electron chi connectivity index (χ4n) is 1.91. The van der Waals surface area contributed by atoms with Crippen LogP contribution in [0.5, 0.6) is 0 Å². The summed E-state index contributed by atoms with van der Waals surface area (Å²) >= 11 is 0. The number of hydrogen-bond donors (Lipinski definition) is 1. The molecule has 1 unspecified atom stereocenters. The van der Waals surface area contributed by atoms with Gasteiger partial charge in [-0.3, -0.25) is 4.79 Å². The van der Waals surface area contributed by atoms with Crippen molar-refractivity contribution in [2.75, 3.05) is 13.6 Å². The minimum Gasteiger partial charge on any atom is -0.344 e. The van der Waals surface area contributed by atoms with E-state index >= 15 is 0 Å². The zero-order valence-electron chi connectivity index (χ0n) is 9.54. The van der Waals surface area contributed by atoms with E-state index in [9.17, 15) is 13.6 Å². The van der Waals surface area contributed by atoms with Crippen molar-refractivity contribution in [2.24, 2.45) is 0 Å². The number of likely N-dealkylation sites (tertiary alicyclic amines) is 1. The van der Waals surface area contributed by atoms with Crippen LogP contribution in [0.3, 0.4) is 0 Å². The van der Waals surface area contributed by atoms with E-state index in [0.717, 1.165) is 12.5 Å². The first-order chi connectivity index (χ1) is 8.08. The summed E-state index contributed by atoms with van der Waals surface area (Å²) in [5.41, 5.74) is 0.369. The molecule has 0 aliphatic carbocycles. The molecule has 0 aromatic heterocycles. The van der Waals surface area contributed by atoms with Crippen LogP contribution >= 0.6 is 0 Å².